The van der Waals surface area contributed by atoms with Crippen LogP contribution in [0.2, 0.25) is 5.02 Å². The van der Waals surface area contributed by atoms with E-state index in [4.69, 9.17) is 11.6 Å². The van der Waals surface area contributed by atoms with Gasteiger partial charge in [0.25, 0.3) is 0 Å². The van der Waals surface area contributed by atoms with E-state index in [1.807, 2.05) is 41.4 Å². The molecule has 5 nitrogen and oxygen atoms in total. The Kier molecular flexibility index (Phi) is 3.71. The van der Waals surface area contributed by atoms with Gasteiger partial charge in [-0.15, -0.1) is 0 Å². The lowest BCUT2D eigenvalue weighted by Gasteiger charge is -2.35. The predicted octanol–water partition coefficient (Wildman–Crippen LogP) is 3.16. The molecule has 28 heavy (non-hydrogen) atoms. The number of halogens is 1. The van der Waals surface area contributed by atoms with Crippen molar-refractivity contribution in [2.75, 3.05) is 7.05 Å². The summed E-state index contributed by atoms with van der Waals surface area (Å²) in [6.07, 6.45) is 3.79. The zero-order valence-electron chi connectivity index (χ0n) is 15.1. The van der Waals surface area contributed by atoms with Gasteiger partial charge in [0.1, 0.15) is 6.04 Å². The summed E-state index contributed by atoms with van der Waals surface area (Å²) >= 11 is 5.96. The van der Waals surface area contributed by atoms with Crippen LogP contribution in [0.1, 0.15) is 27.5 Å². The highest BCUT2D eigenvalue weighted by Gasteiger charge is 2.63. The minimum Gasteiger partial charge on any atom is -0.358 e. The van der Waals surface area contributed by atoms with Crippen LogP contribution in [-0.2, 0) is 9.59 Å². The van der Waals surface area contributed by atoms with Gasteiger partial charge in [0.05, 0.1) is 17.9 Å². The Morgan fingerprint density at radius 2 is 1.64 bits per heavy atom. The van der Waals surface area contributed by atoms with Crippen molar-refractivity contribution in [3.05, 3.63) is 76.4 Å². The van der Waals surface area contributed by atoms with Crippen LogP contribution >= 0.6 is 11.6 Å². The van der Waals surface area contributed by atoms with Gasteiger partial charge >= 0.3 is 0 Å². The lowest BCUT2D eigenvalue weighted by Crippen LogP contribution is -2.43. The molecule has 0 bridgehead atoms. The number of hydrogen-bond donors (Lipinski definition) is 0. The van der Waals surface area contributed by atoms with Crippen molar-refractivity contribution in [3.8, 4) is 0 Å². The fourth-order valence-corrected chi connectivity index (χ4v) is 4.92. The quantitative estimate of drug-likeness (QED) is 0.582. The maximum absolute atomic E-state index is 13.4. The molecule has 0 radical (unpaired) electrons. The zero-order chi connectivity index (χ0) is 19.6. The first-order valence-corrected chi connectivity index (χ1v) is 9.52. The van der Waals surface area contributed by atoms with Crippen molar-refractivity contribution in [2.24, 2.45) is 11.8 Å². The minimum atomic E-state index is -0.720. The highest BCUT2D eigenvalue weighted by Crippen LogP contribution is 2.52. The summed E-state index contributed by atoms with van der Waals surface area (Å²) in [5, 5.41) is 0.539. The van der Waals surface area contributed by atoms with Gasteiger partial charge in [-0.25, -0.2) is 0 Å². The Hall–Kier alpha value is -2.92. The van der Waals surface area contributed by atoms with Crippen LogP contribution in [0.15, 0.2) is 54.7 Å². The molecule has 2 fully saturated rings. The molecule has 3 heterocycles. The number of ketones is 1. The second-order valence-electron chi connectivity index (χ2n) is 7.44. The Morgan fingerprint density at radius 1 is 0.964 bits per heavy atom. The van der Waals surface area contributed by atoms with Crippen LogP contribution in [0.25, 0.3) is 6.08 Å². The van der Waals surface area contributed by atoms with E-state index in [0.29, 0.717) is 10.6 Å². The summed E-state index contributed by atoms with van der Waals surface area (Å²) in [5.74, 6) is -1.94. The van der Waals surface area contributed by atoms with Crippen LogP contribution in [0, 0.1) is 11.8 Å². The molecule has 4 atom stereocenters. The Bertz CT molecular complexity index is 1050. The SMILES string of the molecule is CN1C(=O)[C@@H]2[C@H](C1=O)[C@H]1c3ccccc3C=CN1[C@H]2C(=O)c1ccc(Cl)cc1. The molecule has 140 valence electrons. The zero-order valence-corrected chi connectivity index (χ0v) is 15.8. The normalized spacial score (nSPS) is 27.6. The molecule has 6 heteroatoms. The van der Waals surface area contributed by atoms with Gasteiger partial charge in [-0.1, -0.05) is 35.9 Å². The maximum Gasteiger partial charge on any atom is 0.235 e. The minimum absolute atomic E-state index is 0.172. The van der Waals surface area contributed by atoms with Gasteiger partial charge in [0, 0.05) is 23.8 Å². The van der Waals surface area contributed by atoms with Gasteiger partial charge in [-0.05, 0) is 41.5 Å². The summed E-state index contributed by atoms with van der Waals surface area (Å²) in [4.78, 5) is 42.4. The molecule has 0 aromatic heterocycles. The van der Waals surface area contributed by atoms with Gasteiger partial charge in [-0.3, -0.25) is 19.3 Å². The number of fused-ring (bicyclic) bond motifs is 5. The number of rotatable bonds is 2. The van der Waals surface area contributed by atoms with E-state index < -0.39 is 17.9 Å². The molecule has 0 saturated carbocycles. The molecule has 3 aliphatic rings. The average Bonchev–Trinajstić information content (AvgIpc) is 3.17. The fourth-order valence-electron chi connectivity index (χ4n) is 4.79. The van der Waals surface area contributed by atoms with Crippen LogP contribution in [0.4, 0.5) is 0 Å². The average molecular weight is 393 g/mol. The summed E-state index contributed by atoms with van der Waals surface area (Å²) in [5.41, 5.74) is 2.47. The van der Waals surface area contributed by atoms with Crippen molar-refractivity contribution in [2.45, 2.75) is 12.1 Å². The second kappa shape index (κ2) is 6.04. The number of benzene rings is 2. The number of imide groups is 1. The summed E-state index contributed by atoms with van der Waals surface area (Å²) < 4.78 is 0. The highest BCUT2D eigenvalue weighted by atomic mass is 35.5. The Balaban J connectivity index is 1.65. The van der Waals surface area contributed by atoms with Crippen molar-refractivity contribution in [1.29, 1.82) is 0 Å². The number of carbonyl (C=O) groups excluding carboxylic acids is 3. The van der Waals surface area contributed by atoms with E-state index in [-0.39, 0.29) is 23.6 Å². The number of Topliss-reactive ketones (excluding diaryl/α,β-unsaturated/α-hetero) is 1. The standard InChI is InChI=1S/C22H17ClN2O3/c1-24-21(27)16-17(22(24)28)19(20(26)13-6-8-14(23)9-7-13)25-11-10-12-4-2-3-5-15(12)18(16)25/h2-11,16-19H,1H3/t16-,17+,18+,19+/m0/s1. The van der Waals surface area contributed by atoms with Gasteiger partial charge in [0.15, 0.2) is 5.78 Å². The first kappa shape index (κ1) is 17.2. The van der Waals surface area contributed by atoms with E-state index in [1.165, 1.54) is 11.9 Å². The number of carbonyl (C=O) groups is 3. The molecule has 2 saturated heterocycles. The second-order valence-corrected chi connectivity index (χ2v) is 7.88. The van der Waals surface area contributed by atoms with Gasteiger partial charge < -0.3 is 4.90 Å². The highest BCUT2D eigenvalue weighted by molar-refractivity contribution is 6.30. The third kappa shape index (κ3) is 2.23. The van der Waals surface area contributed by atoms with E-state index in [2.05, 4.69) is 0 Å². The molecule has 0 unspecified atom stereocenters. The first-order valence-electron chi connectivity index (χ1n) is 9.15. The molecule has 0 aliphatic carbocycles. The van der Waals surface area contributed by atoms with Crippen molar-refractivity contribution in [3.63, 3.8) is 0 Å². The first-order chi connectivity index (χ1) is 13.5. The van der Waals surface area contributed by atoms with Crippen LogP contribution < -0.4 is 0 Å². The smallest absolute Gasteiger partial charge is 0.235 e. The van der Waals surface area contributed by atoms with Gasteiger partial charge in [-0.2, -0.15) is 0 Å². The van der Waals surface area contributed by atoms with Crippen molar-refractivity contribution >= 4 is 35.3 Å². The molecule has 2 aromatic rings. The van der Waals surface area contributed by atoms with Crippen LogP contribution in [0.3, 0.4) is 0 Å². The molecule has 2 amide bonds. The van der Waals surface area contributed by atoms with Gasteiger partial charge in [0.2, 0.25) is 11.8 Å². The number of hydrogen-bond acceptors (Lipinski definition) is 4. The fraction of sp³-hybridized carbons (Fsp3) is 0.227. The topological polar surface area (TPSA) is 57.7 Å². The number of amides is 2. The molecule has 0 N–H and O–H groups in total. The van der Waals surface area contributed by atoms with Crippen molar-refractivity contribution in [1.82, 2.24) is 9.80 Å². The lowest BCUT2D eigenvalue weighted by molar-refractivity contribution is -0.139. The molecule has 3 aliphatic heterocycles. The van der Waals surface area contributed by atoms with E-state index in [0.717, 1.165) is 11.1 Å². The molecule has 2 aromatic carbocycles. The largest absolute Gasteiger partial charge is 0.358 e. The summed E-state index contributed by atoms with van der Waals surface area (Å²) in [6, 6.07) is 13.4. The molecular weight excluding hydrogens is 376 g/mol. The summed E-state index contributed by atoms with van der Waals surface area (Å²) in [7, 11) is 1.50. The maximum atomic E-state index is 13.4. The molecule has 0 spiro atoms. The monoisotopic (exact) mass is 392 g/mol. The van der Waals surface area contributed by atoms with E-state index >= 15 is 0 Å². The number of nitrogens with zero attached hydrogens (tertiary/aromatic N) is 2. The molecule has 5 rings (SSSR count). The lowest BCUT2D eigenvalue weighted by atomic mass is 9.83. The van der Waals surface area contributed by atoms with E-state index in [9.17, 15) is 14.4 Å². The number of likely N-dealkylation sites (tertiary alicyclic amines) is 1. The van der Waals surface area contributed by atoms with Crippen LogP contribution in [0.5, 0.6) is 0 Å². The summed E-state index contributed by atoms with van der Waals surface area (Å²) in [6.45, 7) is 0. The third-order valence-electron chi connectivity index (χ3n) is 6.08. The Labute approximate surface area is 167 Å². The predicted molar refractivity (Wildman–Crippen MR) is 104 cm³/mol. The third-order valence-corrected chi connectivity index (χ3v) is 6.33. The van der Waals surface area contributed by atoms with Crippen molar-refractivity contribution < 1.29 is 14.4 Å². The Morgan fingerprint density at radius 3 is 2.39 bits per heavy atom. The van der Waals surface area contributed by atoms with Crippen LogP contribution in [-0.4, -0.2) is 40.5 Å². The van der Waals surface area contributed by atoms with E-state index in [1.54, 1.807) is 24.3 Å². The molecular formula is C22H17ClN2O3.